The average Bonchev–Trinajstić information content (AvgIpc) is 2.99. The number of hydrogen-bond donors (Lipinski definition) is 1. The van der Waals surface area contributed by atoms with E-state index in [-0.39, 0.29) is 6.10 Å². The molecule has 1 fully saturated rings. The molecule has 1 N–H and O–H groups in total. The van der Waals surface area contributed by atoms with Gasteiger partial charge in [-0.2, -0.15) is 5.10 Å². The number of aromatic nitrogens is 2. The van der Waals surface area contributed by atoms with E-state index in [9.17, 15) is 5.11 Å². The summed E-state index contributed by atoms with van der Waals surface area (Å²) < 4.78 is 7.27. The Labute approximate surface area is 106 Å². The Morgan fingerprint density at radius 1 is 1.33 bits per heavy atom. The molecule has 0 saturated carbocycles. The van der Waals surface area contributed by atoms with Crippen LogP contribution >= 0.6 is 0 Å². The third-order valence-corrected chi connectivity index (χ3v) is 3.61. The van der Waals surface area contributed by atoms with Gasteiger partial charge in [0, 0.05) is 12.6 Å². The SMILES string of the molecule is CC1OCCC1(O)c1ccnn1-c1ccccc1. The van der Waals surface area contributed by atoms with Crippen molar-refractivity contribution >= 4 is 0 Å². The molecule has 0 spiro atoms. The van der Waals surface area contributed by atoms with Crippen molar-refractivity contribution in [2.75, 3.05) is 6.61 Å². The molecule has 1 aromatic heterocycles. The lowest BCUT2D eigenvalue weighted by molar-refractivity contribution is -0.0362. The quantitative estimate of drug-likeness (QED) is 0.877. The van der Waals surface area contributed by atoms with E-state index in [4.69, 9.17) is 4.74 Å². The average molecular weight is 244 g/mol. The maximum absolute atomic E-state index is 10.8. The normalized spacial score (nSPS) is 27.6. The molecular formula is C14H16N2O2. The second kappa shape index (κ2) is 4.23. The van der Waals surface area contributed by atoms with Crippen molar-refractivity contribution in [1.82, 2.24) is 9.78 Å². The molecule has 94 valence electrons. The number of ether oxygens (including phenoxy) is 1. The minimum Gasteiger partial charge on any atom is -0.381 e. The van der Waals surface area contributed by atoms with E-state index in [1.54, 1.807) is 10.9 Å². The molecule has 0 aliphatic carbocycles. The Balaban J connectivity index is 2.07. The van der Waals surface area contributed by atoms with E-state index in [0.717, 1.165) is 11.4 Å². The van der Waals surface area contributed by atoms with E-state index in [2.05, 4.69) is 5.10 Å². The van der Waals surface area contributed by atoms with Crippen molar-refractivity contribution in [2.45, 2.75) is 25.0 Å². The lowest BCUT2D eigenvalue weighted by Crippen LogP contribution is -2.35. The molecule has 1 aliphatic heterocycles. The number of aliphatic hydroxyl groups is 1. The minimum absolute atomic E-state index is 0.211. The first-order valence-electron chi connectivity index (χ1n) is 6.16. The Morgan fingerprint density at radius 2 is 2.11 bits per heavy atom. The summed E-state index contributed by atoms with van der Waals surface area (Å²) in [6, 6.07) is 11.7. The highest BCUT2D eigenvalue weighted by molar-refractivity contribution is 5.34. The van der Waals surface area contributed by atoms with Crippen LogP contribution in [-0.2, 0) is 10.3 Å². The topological polar surface area (TPSA) is 47.3 Å². The Hall–Kier alpha value is -1.65. The fourth-order valence-corrected chi connectivity index (χ4v) is 2.47. The summed E-state index contributed by atoms with van der Waals surface area (Å²) in [5.41, 5.74) is 0.788. The third-order valence-electron chi connectivity index (χ3n) is 3.61. The van der Waals surface area contributed by atoms with Crippen LogP contribution in [0, 0.1) is 0 Å². The predicted molar refractivity (Wildman–Crippen MR) is 67.5 cm³/mol. The maximum Gasteiger partial charge on any atom is 0.134 e. The van der Waals surface area contributed by atoms with Gasteiger partial charge in [-0.25, -0.2) is 4.68 Å². The van der Waals surface area contributed by atoms with Crippen LogP contribution < -0.4 is 0 Å². The molecule has 0 amide bonds. The summed E-state index contributed by atoms with van der Waals surface area (Å²) in [6.07, 6.45) is 2.11. The standard InChI is InChI=1S/C14H16N2O2/c1-11-14(17,8-10-18-11)13-7-9-15-16(13)12-5-3-2-4-6-12/h2-7,9,11,17H,8,10H2,1H3. The van der Waals surface area contributed by atoms with Crippen LogP contribution in [0.5, 0.6) is 0 Å². The van der Waals surface area contributed by atoms with Crippen molar-refractivity contribution in [1.29, 1.82) is 0 Å². The van der Waals surface area contributed by atoms with Gasteiger partial charge in [-0.3, -0.25) is 0 Å². The zero-order valence-corrected chi connectivity index (χ0v) is 10.3. The summed E-state index contributed by atoms with van der Waals surface area (Å²) in [4.78, 5) is 0. The van der Waals surface area contributed by atoms with Gasteiger partial charge in [0.05, 0.1) is 24.1 Å². The first-order chi connectivity index (χ1) is 8.72. The number of nitrogens with zero attached hydrogens (tertiary/aromatic N) is 2. The van der Waals surface area contributed by atoms with Gasteiger partial charge < -0.3 is 9.84 Å². The van der Waals surface area contributed by atoms with Crippen molar-refractivity contribution in [3.05, 3.63) is 48.3 Å². The van der Waals surface area contributed by atoms with Gasteiger partial charge >= 0.3 is 0 Å². The molecule has 2 aromatic rings. The molecule has 2 atom stereocenters. The van der Waals surface area contributed by atoms with Crippen LogP contribution in [0.3, 0.4) is 0 Å². The monoisotopic (exact) mass is 244 g/mol. The zero-order chi connectivity index (χ0) is 12.6. The highest BCUT2D eigenvalue weighted by atomic mass is 16.5. The second-order valence-corrected chi connectivity index (χ2v) is 4.65. The second-order valence-electron chi connectivity index (χ2n) is 4.65. The first-order valence-corrected chi connectivity index (χ1v) is 6.16. The summed E-state index contributed by atoms with van der Waals surface area (Å²) in [5.74, 6) is 0. The summed E-state index contributed by atoms with van der Waals surface area (Å²) in [5, 5.41) is 15.1. The largest absolute Gasteiger partial charge is 0.381 e. The molecule has 2 unspecified atom stereocenters. The summed E-state index contributed by atoms with van der Waals surface area (Å²) in [7, 11) is 0. The smallest absolute Gasteiger partial charge is 0.134 e. The molecule has 18 heavy (non-hydrogen) atoms. The molecule has 1 aromatic carbocycles. The van der Waals surface area contributed by atoms with Gasteiger partial charge in [-0.15, -0.1) is 0 Å². The highest BCUT2D eigenvalue weighted by Crippen LogP contribution is 2.36. The Bertz CT molecular complexity index is 538. The van der Waals surface area contributed by atoms with Crippen LogP contribution in [0.2, 0.25) is 0 Å². The van der Waals surface area contributed by atoms with E-state index in [0.29, 0.717) is 13.0 Å². The molecule has 1 saturated heterocycles. The number of hydrogen-bond acceptors (Lipinski definition) is 3. The molecule has 4 heteroatoms. The Morgan fingerprint density at radius 3 is 2.78 bits per heavy atom. The van der Waals surface area contributed by atoms with E-state index in [1.807, 2.05) is 43.3 Å². The summed E-state index contributed by atoms with van der Waals surface area (Å²) >= 11 is 0. The maximum atomic E-state index is 10.8. The number of rotatable bonds is 2. The molecule has 2 heterocycles. The zero-order valence-electron chi connectivity index (χ0n) is 10.3. The minimum atomic E-state index is -0.952. The highest BCUT2D eigenvalue weighted by Gasteiger charge is 2.43. The van der Waals surface area contributed by atoms with Crippen LogP contribution in [0.15, 0.2) is 42.6 Å². The molecule has 0 bridgehead atoms. The van der Waals surface area contributed by atoms with Crippen LogP contribution in [0.25, 0.3) is 5.69 Å². The van der Waals surface area contributed by atoms with Gasteiger partial charge in [0.2, 0.25) is 0 Å². The lowest BCUT2D eigenvalue weighted by Gasteiger charge is -2.26. The van der Waals surface area contributed by atoms with Gasteiger partial charge in [-0.05, 0) is 25.1 Å². The van der Waals surface area contributed by atoms with Crippen LogP contribution in [-0.4, -0.2) is 27.6 Å². The van der Waals surface area contributed by atoms with Gasteiger partial charge in [0.1, 0.15) is 5.60 Å². The van der Waals surface area contributed by atoms with Crippen molar-refractivity contribution in [3.63, 3.8) is 0 Å². The fourth-order valence-electron chi connectivity index (χ4n) is 2.47. The van der Waals surface area contributed by atoms with Gasteiger partial charge in [0.15, 0.2) is 0 Å². The van der Waals surface area contributed by atoms with Gasteiger partial charge in [0.25, 0.3) is 0 Å². The van der Waals surface area contributed by atoms with E-state index >= 15 is 0 Å². The molecular weight excluding hydrogens is 228 g/mol. The molecule has 3 rings (SSSR count). The van der Waals surface area contributed by atoms with Crippen LogP contribution in [0.4, 0.5) is 0 Å². The summed E-state index contributed by atoms with van der Waals surface area (Å²) in [6.45, 7) is 2.48. The Kier molecular flexibility index (Phi) is 2.69. The van der Waals surface area contributed by atoms with E-state index in [1.165, 1.54) is 0 Å². The van der Waals surface area contributed by atoms with Crippen molar-refractivity contribution in [3.8, 4) is 5.69 Å². The third kappa shape index (κ3) is 1.65. The van der Waals surface area contributed by atoms with E-state index < -0.39 is 5.60 Å². The number of benzene rings is 1. The lowest BCUT2D eigenvalue weighted by atomic mass is 9.92. The number of para-hydroxylation sites is 1. The van der Waals surface area contributed by atoms with Crippen molar-refractivity contribution in [2.24, 2.45) is 0 Å². The predicted octanol–water partition coefficient (Wildman–Crippen LogP) is 1.87. The van der Waals surface area contributed by atoms with Crippen molar-refractivity contribution < 1.29 is 9.84 Å². The molecule has 4 nitrogen and oxygen atoms in total. The first kappa shape index (κ1) is 11.4. The molecule has 1 aliphatic rings. The fraction of sp³-hybridized carbons (Fsp3) is 0.357. The molecule has 0 radical (unpaired) electrons. The van der Waals surface area contributed by atoms with Gasteiger partial charge in [-0.1, -0.05) is 18.2 Å². The van der Waals surface area contributed by atoms with Crippen LogP contribution in [0.1, 0.15) is 19.0 Å².